The van der Waals surface area contributed by atoms with Crippen LogP contribution in [0.2, 0.25) is 0 Å². The maximum atomic E-state index is 5.72. The van der Waals surface area contributed by atoms with Crippen molar-refractivity contribution in [1.82, 2.24) is 4.98 Å². The number of aromatic nitrogens is 1. The summed E-state index contributed by atoms with van der Waals surface area (Å²) in [5, 5.41) is 1.02. The Bertz CT molecular complexity index is 378. The molecule has 0 saturated carbocycles. The maximum absolute atomic E-state index is 5.72. The quantitative estimate of drug-likeness (QED) is 0.707. The smallest absolute Gasteiger partial charge is 0.0722 e. The fourth-order valence-electron chi connectivity index (χ4n) is 1.12. The van der Waals surface area contributed by atoms with Crippen LogP contribution in [0.25, 0.3) is 10.9 Å². The molecular formula is C13H20N2. The molecule has 82 valence electrons. The van der Waals surface area contributed by atoms with E-state index in [0.29, 0.717) is 0 Å². The Balaban J connectivity index is 0.000000442. The van der Waals surface area contributed by atoms with Gasteiger partial charge >= 0.3 is 0 Å². The Morgan fingerprint density at radius 2 is 1.53 bits per heavy atom. The van der Waals surface area contributed by atoms with Crippen LogP contribution in [0, 0.1) is 0 Å². The van der Waals surface area contributed by atoms with Crippen molar-refractivity contribution < 1.29 is 0 Å². The van der Waals surface area contributed by atoms with Crippen LogP contribution in [0.3, 0.4) is 0 Å². The van der Waals surface area contributed by atoms with Crippen LogP contribution < -0.4 is 5.73 Å². The number of nitrogens with zero attached hydrogens (tertiary/aromatic N) is 1. The van der Waals surface area contributed by atoms with E-state index < -0.39 is 0 Å². The number of hydrogen-bond acceptors (Lipinski definition) is 2. The van der Waals surface area contributed by atoms with Gasteiger partial charge < -0.3 is 5.73 Å². The summed E-state index contributed by atoms with van der Waals surface area (Å²) in [6.45, 7) is 8.00. The van der Waals surface area contributed by atoms with Crippen molar-refractivity contribution in [1.29, 1.82) is 0 Å². The zero-order valence-corrected chi connectivity index (χ0v) is 9.99. The second-order valence-corrected chi connectivity index (χ2v) is 2.42. The van der Waals surface area contributed by atoms with E-state index in [4.69, 9.17) is 5.73 Å². The normalized spacial score (nSPS) is 8.27. The lowest BCUT2D eigenvalue weighted by atomic mass is 10.2. The summed E-state index contributed by atoms with van der Waals surface area (Å²) in [7, 11) is 0. The van der Waals surface area contributed by atoms with Crippen LogP contribution in [0.5, 0.6) is 0 Å². The number of hydrogen-bond donors (Lipinski definition) is 1. The molecule has 0 spiro atoms. The van der Waals surface area contributed by atoms with Crippen LogP contribution in [0.15, 0.2) is 36.5 Å². The van der Waals surface area contributed by atoms with E-state index in [9.17, 15) is 0 Å². The van der Waals surface area contributed by atoms with Gasteiger partial charge in [-0.05, 0) is 12.1 Å². The molecule has 0 fully saturated rings. The molecule has 0 bridgehead atoms. The molecule has 2 rings (SSSR count). The summed E-state index contributed by atoms with van der Waals surface area (Å²) < 4.78 is 0. The molecule has 2 aromatic rings. The standard InChI is InChI=1S/C9H8N2.2C2H6/c10-8-5-6-11-9-4-2-1-3-7(8)9;2*1-2/h1-6H,(H2,10,11);2*1-2H3. The van der Waals surface area contributed by atoms with Crippen LogP contribution in [-0.4, -0.2) is 4.98 Å². The number of fused-ring (bicyclic) bond motifs is 1. The van der Waals surface area contributed by atoms with Crippen molar-refractivity contribution in [3.05, 3.63) is 36.5 Å². The van der Waals surface area contributed by atoms with E-state index in [1.54, 1.807) is 6.20 Å². The molecule has 1 aromatic carbocycles. The average molecular weight is 204 g/mol. The maximum Gasteiger partial charge on any atom is 0.0722 e. The third-order valence-electron chi connectivity index (χ3n) is 1.68. The Morgan fingerprint density at radius 3 is 2.13 bits per heavy atom. The van der Waals surface area contributed by atoms with Crippen molar-refractivity contribution in [2.45, 2.75) is 27.7 Å². The van der Waals surface area contributed by atoms with Crippen molar-refractivity contribution in [2.75, 3.05) is 5.73 Å². The highest BCUT2D eigenvalue weighted by molar-refractivity contribution is 5.89. The number of para-hydroxylation sites is 1. The molecule has 0 unspecified atom stereocenters. The lowest BCUT2D eigenvalue weighted by Crippen LogP contribution is -1.87. The first-order valence-corrected chi connectivity index (χ1v) is 5.47. The molecule has 0 radical (unpaired) electrons. The molecule has 2 nitrogen and oxygen atoms in total. The van der Waals surface area contributed by atoms with E-state index in [0.717, 1.165) is 16.6 Å². The second-order valence-electron chi connectivity index (χ2n) is 2.42. The predicted molar refractivity (Wildman–Crippen MR) is 68.9 cm³/mol. The minimum absolute atomic E-state index is 0.788. The Kier molecular flexibility index (Phi) is 6.98. The largest absolute Gasteiger partial charge is 0.398 e. The third-order valence-corrected chi connectivity index (χ3v) is 1.68. The fourth-order valence-corrected chi connectivity index (χ4v) is 1.12. The van der Waals surface area contributed by atoms with Gasteiger partial charge in [0.25, 0.3) is 0 Å². The molecule has 0 saturated heterocycles. The van der Waals surface area contributed by atoms with Crippen molar-refractivity contribution >= 4 is 16.6 Å². The van der Waals surface area contributed by atoms with Gasteiger partial charge in [-0.2, -0.15) is 0 Å². The van der Waals surface area contributed by atoms with Gasteiger partial charge in [0, 0.05) is 17.3 Å². The Labute approximate surface area is 92.1 Å². The highest BCUT2D eigenvalue weighted by Gasteiger charge is 1.94. The van der Waals surface area contributed by atoms with Gasteiger partial charge in [-0.3, -0.25) is 4.98 Å². The minimum atomic E-state index is 0.788. The Hall–Kier alpha value is -1.57. The highest BCUT2D eigenvalue weighted by atomic mass is 14.7. The van der Waals surface area contributed by atoms with Gasteiger partial charge in [0.2, 0.25) is 0 Å². The van der Waals surface area contributed by atoms with Gasteiger partial charge in [0.15, 0.2) is 0 Å². The molecular weight excluding hydrogens is 184 g/mol. The molecule has 15 heavy (non-hydrogen) atoms. The first kappa shape index (κ1) is 13.4. The van der Waals surface area contributed by atoms with Crippen LogP contribution >= 0.6 is 0 Å². The number of pyridine rings is 1. The molecule has 0 aliphatic rings. The minimum Gasteiger partial charge on any atom is -0.398 e. The number of nitrogens with two attached hydrogens (primary N) is 1. The Morgan fingerprint density at radius 1 is 0.933 bits per heavy atom. The fraction of sp³-hybridized carbons (Fsp3) is 0.308. The van der Waals surface area contributed by atoms with E-state index in [1.165, 1.54) is 0 Å². The number of anilines is 1. The molecule has 2 N–H and O–H groups in total. The zero-order chi connectivity index (χ0) is 11.7. The van der Waals surface area contributed by atoms with Gasteiger partial charge in [-0.15, -0.1) is 0 Å². The first-order chi connectivity index (χ1) is 7.38. The monoisotopic (exact) mass is 204 g/mol. The third kappa shape index (κ3) is 3.58. The van der Waals surface area contributed by atoms with E-state index in [2.05, 4.69) is 4.98 Å². The summed E-state index contributed by atoms with van der Waals surface area (Å²) in [5.74, 6) is 0. The molecule has 1 aromatic heterocycles. The molecule has 0 aliphatic heterocycles. The molecule has 1 heterocycles. The van der Waals surface area contributed by atoms with Gasteiger partial charge in [-0.1, -0.05) is 45.9 Å². The van der Waals surface area contributed by atoms with Gasteiger partial charge in [0.05, 0.1) is 5.52 Å². The highest BCUT2D eigenvalue weighted by Crippen LogP contribution is 2.16. The summed E-state index contributed by atoms with van der Waals surface area (Å²) >= 11 is 0. The van der Waals surface area contributed by atoms with Crippen LogP contribution in [0.4, 0.5) is 5.69 Å². The number of rotatable bonds is 0. The zero-order valence-electron chi connectivity index (χ0n) is 9.99. The van der Waals surface area contributed by atoms with Crippen molar-refractivity contribution in [2.24, 2.45) is 0 Å². The van der Waals surface area contributed by atoms with Crippen molar-refractivity contribution in [3.8, 4) is 0 Å². The predicted octanol–water partition coefficient (Wildman–Crippen LogP) is 3.87. The van der Waals surface area contributed by atoms with Gasteiger partial charge in [0.1, 0.15) is 0 Å². The number of nitrogen functional groups attached to an aromatic ring is 1. The molecule has 0 amide bonds. The van der Waals surface area contributed by atoms with Crippen LogP contribution in [-0.2, 0) is 0 Å². The summed E-state index contributed by atoms with van der Waals surface area (Å²) in [6.07, 6.45) is 1.72. The molecule has 0 aliphatic carbocycles. The number of benzene rings is 1. The SMILES string of the molecule is CC.CC.Nc1ccnc2ccccc12. The summed E-state index contributed by atoms with van der Waals surface area (Å²) in [4.78, 5) is 4.16. The van der Waals surface area contributed by atoms with E-state index in [-0.39, 0.29) is 0 Å². The molecule has 0 atom stereocenters. The van der Waals surface area contributed by atoms with Crippen LogP contribution in [0.1, 0.15) is 27.7 Å². The van der Waals surface area contributed by atoms with Crippen molar-refractivity contribution in [3.63, 3.8) is 0 Å². The van der Waals surface area contributed by atoms with E-state index >= 15 is 0 Å². The second kappa shape index (κ2) is 7.80. The summed E-state index contributed by atoms with van der Waals surface area (Å²) in [5.41, 5.74) is 7.46. The lowest BCUT2D eigenvalue weighted by molar-refractivity contribution is 1.41. The van der Waals surface area contributed by atoms with Gasteiger partial charge in [-0.25, -0.2) is 0 Å². The average Bonchev–Trinajstić information content (AvgIpc) is 2.35. The summed E-state index contributed by atoms with van der Waals surface area (Å²) in [6, 6.07) is 9.64. The first-order valence-electron chi connectivity index (χ1n) is 5.47. The van der Waals surface area contributed by atoms with E-state index in [1.807, 2.05) is 58.0 Å². The topological polar surface area (TPSA) is 38.9 Å². The lowest BCUT2D eigenvalue weighted by Gasteiger charge is -1.97. The molecule has 2 heteroatoms.